The monoisotopic (exact) mass is 376 g/mol. The molecule has 0 bridgehead atoms. The van der Waals surface area contributed by atoms with Crippen LogP contribution in [0.1, 0.15) is 112 Å². The Kier molecular flexibility index (Phi) is 16.0. The second kappa shape index (κ2) is 16.8. The summed E-state index contributed by atoms with van der Waals surface area (Å²) in [4.78, 5) is 11.8. The maximum atomic E-state index is 11.8. The first-order valence-electron chi connectivity index (χ1n) is 11.0. The summed E-state index contributed by atoms with van der Waals surface area (Å²) in [7, 11) is 0. The Morgan fingerprint density at radius 2 is 1.41 bits per heavy atom. The zero-order chi connectivity index (χ0) is 20.5. The van der Waals surface area contributed by atoms with Gasteiger partial charge in [-0.3, -0.25) is 4.79 Å². The van der Waals surface area contributed by atoms with Crippen LogP contribution in [0, 0.1) is 0 Å². The van der Waals surface area contributed by atoms with Gasteiger partial charge in [-0.1, -0.05) is 61.1 Å². The zero-order valence-corrected chi connectivity index (χ0v) is 18.9. The molecule has 27 heavy (non-hydrogen) atoms. The van der Waals surface area contributed by atoms with Crippen LogP contribution in [0.15, 0.2) is 34.9 Å². The van der Waals surface area contributed by atoms with Crippen LogP contribution in [0.2, 0.25) is 0 Å². The molecule has 1 atom stereocenters. The molecule has 0 rings (SSSR count). The molecule has 2 heteroatoms. The Hall–Kier alpha value is -1.31. The molecule has 1 unspecified atom stereocenters. The van der Waals surface area contributed by atoms with E-state index in [1.807, 2.05) is 6.92 Å². The standard InChI is InChI=1S/C25H44O2/c1-7-8-9-10-20-25(26)27-24(6)19-13-18-23(5)17-12-16-22(4)15-11-14-21(2)3/h14,16,18,24H,7-13,15,17,19-20H2,1-6H3/b22-16+,23-18+. The molecule has 0 aliphatic heterocycles. The van der Waals surface area contributed by atoms with E-state index in [4.69, 9.17) is 4.74 Å². The fourth-order valence-corrected chi connectivity index (χ4v) is 2.94. The largest absolute Gasteiger partial charge is 0.463 e. The molecule has 0 aliphatic carbocycles. The van der Waals surface area contributed by atoms with Crippen molar-refractivity contribution in [3.05, 3.63) is 34.9 Å². The van der Waals surface area contributed by atoms with Gasteiger partial charge in [-0.05, 0) is 79.6 Å². The Bertz CT molecular complexity index is 479. The van der Waals surface area contributed by atoms with Gasteiger partial charge in [0, 0.05) is 6.42 Å². The third-order valence-electron chi connectivity index (χ3n) is 4.76. The number of carbonyl (C=O) groups is 1. The van der Waals surface area contributed by atoms with Crippen LogP contribution < -0.4 is 0 Å². The van der Waals surface area contributed by atoms with Crippen molar-refractivity contribution < 1.29 is 9.53 Å². The van der Waals surface area contributed by atoms with E-state index in [0.717, 1.165) is 51.4 Å². The van der Waals surface area contributed by atoms with E-state index in [1.165, 1.54) is 29.6 Å². The predicted octanol–water partition coefficient (Wildman–Crippen LogP) is 8.09. The van der Waals surface area contributed by atoms with Crippen LogP contribution in [-0.2, 0) is 9.53 Å². The van der Waals surface area contributed by atoms with Gasteiger partial charge in [0.1, 0.15) is 0 Å². The summed E-state index contributed by atoms with van der Waals surface area (Å²) in [6, 6.07) is 0. The summed E-state index contributed by atoms with van der Waals surface area (Å²) in [5.41, 5.74) is 4.32. The topological polar surface area (TPSA) is 26.3 Å². The van der Waals surface area contributed by atoms with Gasteiger partial charge >= 0.3 is 5.97 Å². The number of rotatable bonds is 15. The number of ether oxygens (including phenoxy) is 1. The lowest BCUT2D eigenvalue weighted by Gasteiger charge is -2.12. The SMILES string of the molecule is CCCCCCC(=O)OC(C)CC/C=C(\C)CC/C=C(\C)CCC=C(C)C. The normalized spacial score (nSPS) is 13.4. The van der Waals surface area contributed by atoms with Gasteiger partial charge in [-0.25, -0.2) is 0 Å². The molecule has 0 radical (unpaired) electrons. The summed E-state index contributed by atoms with van der Waals surface area (Å²) in [6.45, 7) is 12.9. The van der Waals surface area contributed by atoms with Crippen LogP contribution in [0.5, 0.6) is 0 Å². The molecule has 156 valence electrons. The fraction of sp³-hybridized carbons (Fsp3) is 0.720. The van der Waals surface area contributed by atoms with Crippen molar-refractivity contribution in [3.8, 4) is 0 Å². The van der Waals surface area contributed by atoms with Crippen molar-refractivity contribution in [1.82, 2.24) is 0 Å². The highest BCUT2D eigenvalue weighted by molar-refractivity contribution is 5.69. The van der Waals surface area contributed by atoms with Gasteiger partial charge in [-0.15, -0.1) is 0 Å². The minimum absolute atomic E-state index is 0.0185. The Balaban J connectivity index is 3.90. The molecule has 0 aromatic heterocycles. The Morgan fingerprint density at radius 3 is 2.00 bits per heavy atom. The van der Waals surface area contributed by atoms with E-state index >= 15 is 0 Å². The first kappa shape index (κ1) is 25.7. The van der Waals surface area contributed by atoms with Crippen LogP contribution in [0.3, 0.4) is 0 Å². The molecule has 0 aromatic carbocycles. The molecule has 0 fully saturated rings. The number of unbranched alkanes of at least 4 members (excludes halogenated alkanes) is 3. The summed E-state index contributed by atoms with van der Waals surface area (Å²) < 4.78 is 5.50. The van der Waals surface area contributed by atoms with Crippen LogP contribution in [0.25, 0.3) is 0 Å². The third-order valence-corrected chi connectivity index (χ3v) is 4.76. The smallest absolute Gasteiger partial charge is 0.306 e. The minimum atomic E-state index is -0.0342. The molecular formula is C25H44O2. The lowest BCUT2D eigenvalue weighted by molar-refractivity contribution is -0.148. The molecule has 0 amide bonds. The average molecular weight is 377 g/mol. The number of carbonyl (C=O) groups excluding carboxylic acids is 1. The molecule has 0 N–H and O–H groups in total. The molecule has 0 saturated heterocycles. The highest BCUT2D eigenvalue weighted by Gasteiger charge is 2.08. The molecule has 0 saturated carbocycles. The Labute approximate surface area is 169 Å². The van der Waals surface area contributed by atoms with Crippen LogP contribution >= 0.6 is 0 Å². The maximum Gasteiger partial charge on any atom is 0.306 e. The average Bonchev–Trinajstić information content (AvgIpc) is 2.58. The van der Waals surface area contributed by atoms with Crippen LogP contribution in [-0.4, -0.2) is 12.1 Å². The van der Waals surface area contributed by atoms with Crippen molar-refractivity contribution in [1.29, 1.82) is 0 Å². The van der Waals surface area contributed by atoms with E-state index in [-0.39, 0.29) is 12.1 Å². The van der Waals surface area contributed by atoms with E-state index in [2.05, 4.69) is 52.8 Å². The lowest BCUT2D eigenvalue weighted by Crippen LogP contribution is -2.14. The highest BCUT2D eigenvalue weighted by atomic mass is 16.5. The number of allylic oxidation sites excluding steroid dienone is 6. The highest BCUT2D eigenvalue weighted by Crippen LogP contribution is 2.13. The van der Waals surface area contributed by atoms with Crippen molar-refractivity contribution in [2.75, 3.05) is 0 Å². The van der Waals surface area contributed by atoms with E-state index in [1.54, 1.807) is 0 Å². The second-order valence-corrected chi connectivity index (χ2v) is 8.15. The number of hydrogen-bond acceptors (Lipinski definition) is 2. The Morgan fingerprint density at radius 1 is 0.815 bits per heavy atom. The van der Waals surface area contributed by atoms with Crippen molar-refractivity contribution in [2.24, 2.45) is 0 Å². The summed E-state index contributed by atoms with van der Waals surface area (Å²) in [6.07, 6.45) is 18.5. The van der Waals surface area contributed by atoms with Gasteiger partial charge in [0.15, 0.2) is 0 Å². The van der Waals surface area contributed by atoms with Crippen LogP contribution in [0.4, 0.5) is 0 Å². The van der Waals surface area contributed by atoms with Gasteiger partial charge < -0.3 is 4.74 Å². The first-order chi connectivity index (χ1) is 12.8. The molecule has 0 heterocycles. The van der Waals surface area contributed by atoms with Crippen molar-refractivity contribution >= 4 is 5.97 Å². The van der Waals surface area contributed by atoms with Crippen molar-refractivity contribution in [3.63, 3.8) is 0 Å². The second-order valence-electron chi connectivity index (χ2n) is 8.15. The summed E-state index contributed by atoms with van der Waals surface area (Å²) in [5, 5.41) is 0. The molecule has 0 spiro atoms. The summed E-state index contributed by atoms with van der Waals surface area (Å²) >= 11 is 0. The fourth-order valence-electron chi connectivity index (χ4n) is 2.94. The lowest BCUT2D eigenvalue weighted by atomic mass is 10.1. The maximum absolute atomic E-state index is 11.8. The van der Waals surface area contributed by atoms with E-state index < -0.39 is 0 Å². The molecule has 2 nitrogen and oxygen atoms in total. The van der Waals surface area contributed by atoms with E-state index in [0.29, 0.717) is 6.42 Å². The van der Waals surface area contributed by atoms with Gasteiger partial charge in [0.2, 0.25) is 0 Å². The minimum Gasteiger partial charge on any atom is -0.463 e. The quantitative estimate of drug-likeness (QED) is 0.164. The molecule has 0 aromatic rings. The van der Waals surface area contributed by atoms with Gasteiger partial charge in [0.05, 0.1) is 6.10 Å². The molecule has 0 aliphatic rings. The number of hydrogen-bond donors (Lipinski definition) is 0. The number of esters is 1. The zero-order valence-electron chi connectivity index (χ0n) is 18.9. The van der Waals surface area contributed by atoms with Gasteiger partial charge in [-0.2, -0.15) is 0 Å². The first-order valence-corrected chi connectivity index (χ1v) is 11.0. The summed E-state index contributed by atoms with van der Waals surface area (Å²) in [5.74, 6) is -0.0342. The van der Waals surface area contributed by atoms with Gasteiger partial charge in [0.25, 0.3) is 0 Å². The van der Waals surface area contributed by atoms with Crippen molar-refractivity contribution in [2.45, 2.75) is 118 Å². The predicted molar refractivity (Wildman–Crippen MR) is 119 cm³/mol. The molecular weight excluding hydrogens is 332 g/mol. The van der Waals surface area contributed by atoms with E-state index in [9.17, 15) is 4.79 Å². The third kappa shape index (κ3) is 17.8.